The molecular weight excluding hydrogens is 190 g/mol. The number of nitrogens with zero attached hydrogens (tertiary/aromatic N) is 3. The van der Waals surface area contributed by atoms with Gasteiger partial charge >= 0.3 is 0 Å². The van der Waals surface area contributed by atoms with E-state index in [9.17, 15) is 5.11 Å². The number of aromatic nitrogens is 2. The third-order valence-corrected chi connectivity index (χ3v) is 2.16. The van der Waals surface area contributed by atoms with E-state index in [1.807, 2.05) is 19.3 Å². The molecule has 0 atom stereocenters. The number of aromatic hydroxyl groups is 1. The molecule has 0 saturated heterocycles. The summed E-state index contributed by atoms with van der Waals surface area (Å²) < 4.78 is 1.69. The van der Waals surface area contributed by atoms with Gasteiger partial charge in [0, 0.05) is 18.8 Å². The highest BCUT2D eigenvalue weighted by Gasteiger charge is 2.04. The molecule has 1 aromatic carbocycles. The lowest BCUT2D eigenvalue weighted by molar-refractivity contribution is 0.473. The summed E-state index contributed by atoms with van der Waals surface area (Å²) in [5.74, 6) is 0.00476. The summed E-state index contributed by atoms with van der Waals surface area (Å²) in [7, 11) is 1.83. The first-order valence-corrected chi connectivity index (χ1v) is 4.43. The second-order valence-electron chi connectivity index (χ2n) is 3.25. The molecule has 1 N–H and O–H groups in total. The van der Waals surface area contributed by atoms with Crippen molar-refractivity contribution in [3.63, 3.8) is 0 Å². The quantitative estimate of drug-likeness (QED) is 0.759. The first-order chi connectivity index (χ1) is 7.20. The van der Waals surface area contributed by atoms with Crippen molar-refractivity contribution >= 4 is 0 Å². The summed E-state index contributed by atoms with van der Waals surface area (Å²) in [6, 6.07) is 6.85. The lowest BCUT2D eigenvalue weighted by Crippen LogP contribution is -1.84. The number of aryl methyl sites for hydroxylation is 1. The molecule has 0 aliphatic heterocycles. The van der Waals surface area contributed by atoms with Gasteiger partial charge in [0.2, 0.25) is 0 Å². The van der Waals surface area contributed by atoms with Crippen molar-refractivity contribution in [1.29, 1.82) is 5.26 Å². The molecule has 0 spiro atoms. The highest BCUT2D eigenvalue weighted by Crippen LogP contribution is 2.24. The Morgan fingerprint density at radius 3 is 2.80 bits per heavy atom. The Bertz CT molecular complexity index is 537. The van der Waals surface area contributed by atoms with Crippen molar-refractivity contribution in [2.75, 3.05) is 0 Å². The van der Waals surface area contributed by atoms with E-state index >= 15 is 0 Å². The molecule has 2 aromatic rings. The monoisotopic (exact) mass is 199 g/mol. The van der Waals surface area contributed by atoms with Crippen molar-refractivity contribution in [3.05, 3.63) is 36.2 Å². The van der Waals surface area contributed by atoms with Crippen LogP contribution in [0.1, 0.15) is 5.56 Å². The zero-order chi connectivity index (χ0) is 10.8. The largest absolute Gasteiger partial charge is 0.507 e. The van der Waals surface area contributed by atoms with Crippen LogP contribution in [0.4, 0.5) is 0 Å². The second-order valence-corrected chi connectivity index (χ2v) is 3.25. The predicted octanol–water partition coefficient (Wildman–Crippen LogP) is 1.66. The Morgan fingerprint density at radius 2 is 2.20 bits per heavy atom. The highest BCUT2D eigenvalue weighted by atomic mass is 16.3. The molecule has 0 amide bonds. The van der Waals surface area contributed by atoms with Gasteiger partial charge in [0.25, 0.3) is 0 Å². The van der Waals surface area contributed by atoms with Gasteiger partial charge in [-0.25, -0.2) is 0 Å². The number of hydrogen-bond donors (Lipinski definition) is 1. The molecule has 2 rings (SSSR count). The minimum atomic E-state index is 0.00476. The highest BCUT2D eigenvalue weighted by molar-refractivity contribution is 5.65. The van der Waals surface area contributed by atoms with E-state index < -0.39 is 0 Å². The Morgan fingerprint density at radius 1 is 1.40 bits per heavy atom. The van der Waals surface area contributed by atoms with E-state index in [1.54, 1.807) is 23.0 Å². The normalized spacial score (nSPS) is 9.87. The van der Waals surface area contributed by atoms with E-state index in [2.05, 4.69) is 5.10 Å². The molecule has 1 heterocycles. The molecule has 74 valence electrons. The van der Waals surface area contributed by atoms with Gasteiger partial charge < -0.3 is 5.11 Å². The smallest absolute Gasteiger partial charge is 0.133 e. The van der Waals surface area contributed by atoms with Gasteiger partial charge in [0.1, 0.15) is 11.8 Å². The first kappa shape index (κ1) is 9.28. The molecule has 4 nitrogen and oxygen atoms in total. The molecule has 1 aromatic heterocycles. The summed E-state index contributed by atoms with van der Waals surface area (Å²) in [4.78, 5) is 0. The SMILES string of the molecule is Cn1cc(-c2ccc(O)c(C#N)c2)cn1. The summed E-state index contributed by atoms with van der Waals surface area (Å²) in [6.07, 6.45) is 3.57. The van der Waals surface area contributed by atoms with Crippen LogP contribution in [0.5, 0.6) is 5.75 Å². The molecule has 0 saturated carbocycles. The van der Waals surface area contributed by atoms with Crippen molar-refractivity contribution in [3.8, 4) is 22.9 Å². The van der Waals surface area contributed by atoms with Crippen LogP contribution in [0.15, 0.2) is 30.6 Å². The third kappa shape index (κ3) is 1.67. The molecule has 0 aliphatic carbocycles. The van der Waals surface area contributed by atoms with Gasteiger partial charge in [0.15, 0.2) is 0 Å². The maximum absolute atomic E-state index is 9.34. The molecular formula is C11H9N3O. The van der Waals surface area contributed by atoms with Crippen LogP contribution in [0.2, 0.25) is 0 Å². The Labute approximate surface area is 87.0 Å². The average molecular weight is 199 g/mol. The Balaban J connectivity index is 2.51. The standard InChI is InChI=1S/C11H9N3O/c1-14-7-10(6-13-14)8-2-3-11(15)9(4-8)5-12/h2-4,6-7,15H,1H3. The van der Waals surface area contributed by atoms with E-state index in [0.29, 0.717) is 0 Å². The number of benzene rings is 1. The fourth-order valence-electron chi connectivity index (χ4n) is 1.38. The molecule has 0 bridgehead atoms. The molecule has 0 radical (unpaired) electrons. The number of phenols is 1. The van der Waals surface area contributed by atoms with Crippen LogP contribution in [0.25, 0.3) is 11.1 Å². The van der Waals surface area contributed by atoms with Gasteiger partial charge in [-0.1, -0.05) is 6.07 Å². The number of hydrogen-bond acceptors (Lipinski definition) is 3. The fourth-order valence-corrected chi connectivity index (χ4v) is 1.38. The predicted molar refractivity (Wildman–Crippen MR) is 55.0 cm³/mol. The van der Waals surface area contributed by atoms with Gasteiger partial charge in [-0.3, -0.25) is 4.68 Å². The fraction of sp³-hybridized carbons (Fsp3) is 0.0909. The Hall–Kier alpha value is -2.28. The van der Waals surface area contributed by atoms with E-state index in [0.717, 1.165) is 11.1 Å². The van der Waals surface area contributed by atoms with Crippen molar-refractivity contribution in [2.24, 2.45) is 7.05 Å². The third-order valence-electron chi connectivity index (χ3n) is 2.16. The van der Waals surface area contributed by atoms with Crippen LogP contribution < -0.4 is 0 Å². The lowest BCUT2D eigenvalue weighted by atomic mass is 10.1. The molecule has 0 aliphatic rings. The molecule has 0 fully saturated rings. The van der Waals surface area contributed by atoms with Crippen LogP contribution in [-0.4, -0.2) is 14.9 Å². The summed E-state index contributed by atoms with van der Waals surface area (Å²) >= 11 is 0. The topological polar surface area (TPSA) is 61.8 Å². The lowest BCUT2D eigenvalue weighted by Gasteiger charge is -1.99. The van der Waals surface area contributed by atoms with Crippen LogP contribution in [0.3, 0.4) is 0 Å². The minimum Gasteiger partial charge on any atom is -0.507 e. The van der Waals surface area contributed by atoms with Crippen LogP contribution >= 0.6 is 0 Å². The molecule has 4 heteroatoms. The van der Waals surface area contributed by atoms with E-state index in [-0.39, 0.29) is 11.3 Å². The maximum Gasteiger partial charge on any atom is 0.133 e. The number of phenolic OH excluding ortho intramolecular Hbond substituents is 1. The summed E-state index contributed by atoms with van der Waals surface area (Å²) in [6.45, 7) is 0. The van der Waals surface area contributed by atoms with Gasteiger partial charge in [-0.2, -0.15) is 10.4 Å². The average Bonchev–Trinajstić information content (AvgIpc) is 2.66. The van der Waals surface area contributed by atoms with E-state index in [1.165, 1.54) is 6.07 Å². The zero-order valence-corrected chi connectivity index (χ0v) is 8.18. The summed E-state index contributed by atoms with van der Waals surface area (Å²) in [5, 5.41) is 22.2. The van der Waals surface area contributed by atoms with Gasteiger partial charge in [-0.15, -0.1) is 0 Å². The second kappa shape index (κ2) is 3.46. The van der Waals surface area contributed by atoms with Gasteiger partial charge in [0.05, 0.1) is 11.8 Å². The maximum atomic E-state index is 9.34. The number of rotatable bonds is 1. The van der Waals surface area contributed by atoms with Crippen molar-refractivity contribution in [1.82, 2.24) is 9.78 Å². The molecule has 15 heavy (non-hydrogen) atoms. The van der Waals surface area contributed by atoms with Crippen molar-refractivity contribution < 1.29 is 5.11 Å². The zero-order valence-electron chi connectivity index (χ0n) is 8.18. The van der Waals surface area contributed by atoms with E-state index in [4.69, 9.17) is 5.26 Å². The summed E-state index contributed by atoms with van der Waals surface area (Å²) in [5.41, 5.74) is 2.07. The molecule has 0 unspecified atom stereocenters. The minimum absolute atomic E-state index is 0.00476. The van der Waals surface area contributed by atoms with Crippen LogP contribution in [-0.2, 0) is 7.05 Å². The first-order valence-electron chi connectivity index (χ1n) is 4.43. The van der Waals surface area contributed by atoms with Crippen LogP contribution in [0, 0.1) is 11.3 Å². The number of nitriles is 1. The van der Waals surface area contributed by atoms with Crippen molar-refractivity contribution in [2.45, 2.75) is 0 Å². The Kier molecular flexibility index (Phi) is 2.14. The van der Waals surface area contributed by atoms with Gasteiger partial charge in [-0.05, 0) is 17.7 Å².